The van der Waals surface area contributed by atoms with Gasteiger partial charge in [0, 0.05) is 0 Å². The van der Waals surface area contributed by atoms with Crippen molar-refractivity contribution >= 4 is 0 Å². The summed E-state index contributed by atoms with van der Waals surface area (Å²) in [6.07, 6.45) is 7.84. The van der Waals surface area contributed by atoms with Crippen molar-refractivity contribution in [1.29, 1.82) is 0 Å². The van der Waals surface area contributed by atoms with Crippen LogP contribution in [0, 0.1) is 29.1 Å². The van der Waals surface area contributed by atoms with Crippen LogP contribution in [0.4, 0.5) is 0 Å². The predicted molar refractivity (Wildman–Crippen MR) is 50.8 cm³/mol. The van der Waals surface area contributed by atoms with E-state index in [1.807, 2.05) is 0 Å². The maximum Gasteiger partial charge on any atom is -0.0261 e. The number of hydrogen-bond acceptors (Lipinski definition) is 0. The lowest BCUT2D eigenvalue weighted by Crippen LogP contribution is -2.32. The molecular formula is C12H20. The van der Waals surface area contributed by atoms with Gasteiger partial charge in [-0.15, -0.1) is 0 Å². The number of fused-ring (bicyclic) bond motifs is 1. The summed E-state index contributed by atoms with van der Waals surface area (Å²) in [5.74, 6) is 4.61. The summed E-state index contributed by atoms with van der Waals surface area (Å²) in [5.41, 5.74) is 0.902. The Morgan fingerprint density at radius 3 is 2.58 bits per heavy atom. The second-order valence-corrected chi connectivity index (χ2v) is 5.89. The average molecular weight is 164 g/mol. The summed E-state index contributed by atoms with van der Waals surface area (Å²) in [6, 6.07) is 0. The van der Waals surface area contributed by atoms with Crippen LogP contribution in [0.5, 0.6) is 0 Å². The van der Waals surface area contributed by atoms with E-state index in [0.29, 0.717) is 0 Å². The lowest BCUT2D eigenvalue weighted by atomic mass is 9.63. The second-order valence-electron chi connectivity index (χ2n) is 5.89. The van der Waals surface area contributed by atoms with Crippen molar-refractivity contribution in [1.82, 2.24) is 0 Å². The fourth-order valence-corrected chi connectivity index (χ4v) is 4.16. The summed E-state index contributed by atoms with van der Waals surface area (Å²) in [5, 5.41) is 0. The predicted octanol–water partition coefficient (Wildman–Crippen LogP) is 3.47. The van der Waals surface area contributed by atoms with Gasteiger partial charge in [0.1, 0.15) is 0 Å². The first-order chi connectivity index (χ1) is 5.73. The summed E-state index contributed by atoms with van der Waals surface area (Å²) >= 11 is 0. The molecular weight excluding hydrogens is 144 g/mol. The Hall–Kier alpha value is 0. The Balaban J connectivity index is 1.62. The van der Waals surface area contributed by atoms with Crippen molar-refractivity contribution in [3.8, 4) is 0 Å². The highest BCUT2D eigenvalue weighted by Crippen LogP contribution is 2.80. The van der Waals surface area contributed by atoms with Crippen molar-refractivity contribution in [2.75, 3.05) is 0 Å². The Kier molecular flexibility index (Phi) is 1.28. The van der Waals surface area contributed by atoms with Gasteiger partial charge in [-0.05, 0) is 54.8 Å². The molecule has 4 atom stereocenters. The van der Waals surface area contributed by atoms with Crippen molar-refractivity contribution in [3.05, 3.63) is 0 Å². The van der Waals surface area contributed by atoms with Gasteiger partial charge in [-0.3, -0.25) is 0 Å². The molecule has 12 heavy (non-hydrogen) atoms. The minimum absolute atomic E-state index is 0.902. The van der Waals surface area contributed by atoms with Crippen LogP contribution in [0.2, 0.25) is 0 Å². The monoisotopic (exact) mass is 164 g/mol. The molecule has 0 nitrogen and oxygen atoms in total. The normalized spacial score (nSPS) is 53.8. The molecule has 3 aliphatic carbocycles. The second kappa shape index (κ2) is 2.08. The van der Waals surface area contributed by atoms with E-state index in [2.05, 4.69) is 13.8 Å². The first kappa shape index (κ1) is 7.41. The summed E-state index contributed by atoms with van der Waals surface area (Å²) in [7, 11) is 0. The molecule has 0 aromatic rings. The Morgan fingerprint density at radius 1 is 1.33 bits per heavy atom. The number of hydrogen-bond donors (Lipinski definition) is 0. The highest BCUT2D eigenvalue weighted by atomic mass is 14.8. The average Bonchev–Trinajstić information content (AvgIpc) is 2.48. The zero-order valence-electron chi connectivity index (χ0n) is 8.34. The zero-order valence-corrected chi connectivity index (χ0v) is 8.34. The molecule has 0 spiro atoms. The van der Waals surface area contributed by atoms with Crippen LogP contribution < -0.4 is 0 Å². The van der Waals surface area contributed by atoms with E-state index in [9.17, 15) is 0 Å². The standard InChI is InChI=1S/C12H20/c1-8(2)3-5-12-6-4-9-10(7-12)11(9)12/h8-11H,3-7H2,1-2H3. The lowest BCUT2D eigenvalue weighted by Gasteiger charge is -2.41. The van der Waals surface area contributed by atoms with Crippen molar-refractivity contribution in [3.63, 3.8) is 0 Å². The molecule has 0 aromatic heterocycles. The minimum Gasteiger partial charge on any atom is -0.0628 e. The topological polar surface area (TPSA) is 0 Å². The fourth-order valence-electron chi connectivity index (χ4n) is 4.16. The molecule has 0 aliphatic heterocycles. The third-order valence-electron chi connectivity index (χ3n) is 4.88. The SMILES string of the molecule is CC(C)CCC12CCC3C(C1)C32. The van der Waals surface area contributed by atoms with Crippen LogP contribution in [0.25, 0.3) is 0 Å². The van der Waals surface area contributed by atoms with Crippen LogP contribution in [0.3, 0.4) is 0 Å². The zero-order chi connectivity index (χ0) is 8.34. The maximum absolute atomic E-state index is 2.37. The van der Waals surface area contributed by atoms with Crippen molar-refractivity contribution in [2.45, 2.75) is 46.0 Å². The van der Waals surface area contributed by atoms with E-state index in [1.165, 1.54) is 24.2 Å². The highest BCUT2D eigenvalue weighted by molar-refractivity contribution is 5.22. The molecule has 0 amide bonds. The molecule has 0 N–H and O–H groups in total. The van der Waals surface area contributed by atoms with E-state index in [0.717, 1.165) is 11.3 Å². The third-order valence-corrected chi connectivity index (χ3v) is 4.88. The minimum atomic E-state index is 0.902. The van der Waals surface area contributed by atoms with Crippen molar-refractivity contribution in [2.24, 2.45) is 29.1 Å². The van der Waals surface area contributed by atoms with E-state index < -0.39 is 0 Å². The molecule has 0 heteroatoms. The molecule has 0 bridgehead atoms. The molecule has 0 heterocycles. The first-order valence-corrected chi connectivity index (χ1v) is 5.73. The van der Waals surface area contributed by atoms with E-state index in [1.54, 1.807) is 25.7 Å². The van der Waals surface area contributed by atoms with Crippen LogP contribution in [-0.4, -0.2) is 0 Å². The molecule has 3 aliphatic rings. The maximum atomic E-state index is 2.37. The first-order valence-electron chi connectivity index (χ1n) is 5.73. The van der Waals surface area contributed by atoms with E-state index in [-0.39, 0.29) is 0 Å². The van der Waals surface area contributed by atoms with Gasteiger partial charge in [-0.25, -0.2) is 0 Å². The van der Waals surface area contributed by atoms with Gasteiger partial charge in [0.2, 0.25) is 0 Å². The van der Waals surface area contributed by atoms with Gasteiger partial charge >= 0.3 is 0 Å². The van der Waals surface area contributed by atoms with E-state index >= 15 is 0 Å². The molecule has 3 rings (SSSR count). The molecule has 3 fully saturated rings. The van der Waals surface area contributed by atoms with Crippen LogP contribution >= 0.6 is 0 Å². The quantitative estimate of drug-likeness (QED) is 0.599. The fraction of sp³-hybridized carbons (Fsp3) is 1.00. The summed E-state index contributed by atoms with van der Waals surface area (Å²) < 4.78 is 0. The van der Waals surface area contributed by atoms with Crippen LogP contribution in [-0.2, 0) is 0 Å². The summed E-state index contributed by atoms with van der Waals surface area (Å²) in [6.45, 7) is 4.73. The Bertz CT molecular complexity index is 202. The van der Waals surface area contributed by atoms with Gasteiger partial charge in [-0.1, -0.05) is 20.3 Å². The highest BCUT2D eigenvalue weighted by Gasteiger charge is 2.73. The third kappa shape index (κ3) is 0.744. The molecule has 0 radical (unpaired) electrons. The molecule has 3 saturated carbocycles. The Labute approximate surface area is 75.7 Å². The van der Waals surface area contributed by atoms with Crippen molar-refractivity contribution < 1.29 is 0 Å². The Morgan fingerprint density at radius 2 is 2.17 bits per heavy atom. The van der Waals surface area contributed by atoms with Gasteiger partial charge < -0.3 is 0 Å². The molecule has 0 aromatic carbocycles. The van der Waals surface area contributed by atoms with Gasteiger partial charge in [0.15, 0.2) is 0 Å². The van der Waals surface area contributed by atoms with Gasteiger partial charge in [0.25, 0.3) is 0 Å². The largest absolute Gasteiger partial charge is 0.0628 e. The summed E-state index contributed by atoms with van der Waals surface area (Å²) in [4.78, 5) is 0. The smallest absolute Gasteiger partial charge is 0.0261 e. The molecule has 4 unspecified atom stereocenters. The van der Waals surface area contributed by atoms with Gasteiger partial charge in [0.05, 0.1) is 0 Å². The van der Waals surface area contributed by atoms with Crippen LogP contribution in [0.15, 0.2) is 0 Å². The lowest BCUT2D eigenvalue weighted by molar-refractivity contribution is 0.0843. The van der Waals surface area contributed by atoms with E-state index in [4.69, 9.17) is 0 Å². The van der Waals surface area contributed by atoms with Crippen LogP contribution in [0.1, 0.15) is 46.0 Å². The van der Waals surface area contributed by atoms with Gasteiger partial charge in [-0.2, -0.15) is 0 Å². The number of rotatable bonds is 3. The molecule has 68 valence electrons. The molecule has 0 saturated heterocycles.